The summed E-state index contributed by atoms with van der Waals surface area (Å²) in [4.78, 5) is 12.4. The fraction of sp³-hybridized carbons (Fsp3) is 0.0526. The third-order valence-corrected chi connectivity index (χ3v) is 3.80. The van der Waals surface area contributed by atoms with Gasteiger partial charge in [0.15, 0.2) is 5.82 Å². The molecule has 24 heavy (non-hydrogen) atoms. The van der Waals surface area contributed by atoms with Gasteiger partial charge in [0, 0.05) is 23.5 Å². The predicted molar refractivity (Wildman–Crippen MR) is 95.5 cm³/mol. The van der Waals surface area contributed by atoms with E-state index in [9.17, 15) is 5.11 Å². The second-order valence-corrected chi connectivity index (χ2v) is 5.69. The third-order valence-electron chi connectivity index (χ3n) is 3.80. The SMILES string of the molecule is Cc1cccc(-c2nc3c(Nc4cccc(O)c4)nccc3[nH]2)c1. The molecule has 0 bridgehead atoms. The Labute approximate surface area is 139 Å². The standard InChI is InChI=1S/C19H16N4O/c1-12-4-2-5-13(10-12)18-22-16-8-9-20-19(17(16)23-18)21-14-6-3-7-15(24)11-14/h2-11,24H,1H3,(H,20,21)(H,22,23). The first-order valence-electron chi connectivity index (χ1n) is 7.67. The molecule has 2 heterocycles. The lowest BCUT2D eigenvalue weighted by molar-refractivity contribution is 0.475. The molecular formula is C19H16N4O. The third kappa shape index (κ3) is 2.67. The number of aromatic nitrogens is 3. The van der Waals surface area contributed by atoms with Crippen LogP contribution in [-0.2, 0) is 0 Å². The first-order valence-corrected chi connectivity index (χ1v) is 7.67. The number of aryl methyl sites for hydroxylation is 1. The summed E-state index contributed by atoms with van der Waals surface area (Å²) in [5.74, 6) is 1.66. The Balaban J connectivity index is 1.77. The number of benzene rings is 2. The van der Waals surface area contributed by atoms with Crippen LogP contribution in [-0.4, -0.2) is 20.1 Å². The zero-order chi connectivity index (χ0) is 16.5. The highest BCUT2D eigenvalue weighted by atomic mass is 16.3. The molecule has 4 rings (SSSR count). The Morgan fingerprint density at radius 2 is 1.92 bits per heavy atom. The van der Waals surface area contributed by atoms with E-state index in [1.54, 1.807) is 24.4 Å². The van der Waals surface area contributed by atoms with Crippen LogP contribution < -0.4 is 5.32 Å². The van der Waals surface area contributed by atoms with Crippen molar-refractivity contribution in [1.82, 2.24) is 15.0 Å². The quantitative estimate of drug-likeness (QED) is 0.524. The topological polar surface area (TPSA) is 73.8 Å². The maximum atomic E-state index is 9.60. The average molecular weight is 316 g/mol. The summed E-state index contributed by atoms with van der Waals surface area (Å²) in [5, 5.41) is 12.8. The molecule has 5 heteroatoms. The van der Waals surface area contributed by atoms with E-state index in [1.165, 1.54) is 5.56 Å². The number of H-pyrrole nitrogens is 1. The number of rotatable bonds is 3. The van der Waals surface area contributed by atoms with Crippen LogP contribution in [0.15, 0.2) is 60.8 Å². The van der Waals surface area contributed by atoms with E-state index in [0.717, 1.165) is 28.1 Å². The van der Waals surface area contributed by atoms with Crippen LogP contribution >= 0.6 is 0 Å². The Bertz CT molecular complexity index is 1020. The fourth-order valence-electron chi connectivity index (χ4n) is 2.68. The molecule has 0 saturated carbocycles. The van der Waals surface area contributed by atoms with Crippen LogP contribution in [0.25, 0.3) is 22.4 Å². The first kappa shape index (κ1) is 14.3. The number of imidazole rings is 1. The molecule has 0 unspecified atom stereocenters. The Kier molecular flexibility index (Phi) is 3.39. The van der Waals surface area contributed by atoms with E-state index in [1.807, 2.05) is 24.3 Å². The number of phenolic OH excluding ortho intramolecular Hbond substituents is 1. The van der Waals surface area contributed by atoms with Gasteiger partial charge in [-0.05, 0) is 31.2 Å². The smallest absolute Gasteiger partial charge is 0.158 e. The van der Waals surface area contributed by atoms with E-state index in [4.69, 9.17) is 4.98 Å². The highest BCUT2D eigenvalue weighted by molar-refractivity contribution is 5.90. The van der Waals surface area contributed by atoms with Gasteiger partial charge < -0.3 is 15.4 Å². The highest BCUT2D eigenvalue weighted by Crippen LogP contribution is 2.27. The molecule has 0 atom stereocenters. The second-order valence-electron chi connectivity index (χ2n) is 5.69. The Morgan fingerprint density at radius 3 is 2.75 bits per heavy atom. The minimum Gasteiger partial charge on any atom is -0.508 e. The lowest BCUT2D eigenvalue weighted by Crippen LogP contribution is -1.94. The summed E-state index contributed by atoms with van der Waals surface area (Å²) in [5.41, 5.74) is 4.65. The van der Waals surface area contributed by atoms with Crippen LogP contribution in [0.3, 0.4) is 0 Å². The van der Waals surface area contributed by atoms with Crippen molar-refractivity contribution in [3.63, 3.8) is 0 Å². The van der Waals surface area contributed by atoms with E-state index in [2.05, 4.69) is 34.3 Å². The molecule has 0 spiro atoms. The monoisotopic (exact) mass is 316 g/mol. The van der Waals surface area contributed by atoms with Gasteiger partial charge in [0.05, 0.1) is 5.52 Å². The molecule has 5 nitrogen and oxygen atoms in total. The number of nitrogens with one attached hydrogen (secondary N) is 2. The van der Waals surface area contributed by atoms with Gasteiger partial charge in [-0.15, -0.1) is 0 Å². The summed E-state index contributed by atoms with van der Waals surface area (Å²) in [6.45, 7) is 2.06. The van der Waals surface area contributed by atoms with Gasteiger partial charge in [-0.3, -0.25) is 0 Å². The minimum atomic E-state index is 0.203. The molecule has 3 N–H and O–H groups in total. The number of fused-ring (bicyclic) bond motifs is 1. The van der Waals surface area contributed by atoms with Crippen LogP contribution in [0.1, 0.15) is 5.56 Å². The lowest BCUT2D eigenvalue weighted by Gasteiger charge is -2.06. The van der Waals surface area contributed by atoms with Crippen molar-refractivity contribution >= 4 is 22.5 Å². The van der Waals surface area contributed by atoms with Gasteiger partial charge >= 0.3 is 0 Å². The summed E-state index contributed by atoms with van der Waals surface area (Å²) in [6, 6.07) is 17.0. The van der Waals surface area contributed by atoms with Crippen molar-refractivity contribution in [2.75, 3.05) is 5.32 Å². The van der Waals surface area contributed by atoms with Gasteiger partial charge in [0.2, 0.25) is 0 Å². The number of aromatic hydroxyl groups is 1. The molecule has 0 fully saturated rings. The summed E-state index contributed by atoms with van der Waals surface area (Å²) >= 11 is 0. The molecule has 0 aliphatic rings. The zero-order valence-electron chi connectivity index (χ0n) is 13.1. The van der Waals surface area contributed by atoms with Crippen molar-refractivity contribution in [2.45, 2.75) is 6.92 Å². The lowest BCUT2D eigenvalue weighted by atomic mass is 10.1. The average Bonchev–Trinajstić information content (AvgIpc) is 3.00. The predicted octanol–water partition coefficient (Wildman–Crippen LogP) is 4.38. The van der Waals surface area contributed by atoms with Gasteiger partial charge in [-0.1, -0.05) is 29.8 Å². The molecule has 4 aromatic rings. The summed E-state index contributed by atoms with van der Waals surface area (Å²) in [6.07, 6.45) is 1.73. The molecule has 2 aromatic heterocycles. The molecule has 0 radical (unpaired) electrons. The maximum Gasteiger partial charge on any atom is 0.158 e. The molecule has 2 aromatic carbocycles. The number of pyridine rings is 1. The molecule has 0 aliphatic heterocycles. The first-order chi connectivity index (χ1) is 11.7. The van der Waals surface area contributed by atoms with Crippen LogP contribution in [0.4, 0.5) is 11.5 Å². The highest BCUT2D eigenvalue weighted by Gasteiger charge is 2.10. The number of nitrogens with zero attached hydrogens (tertiary/aromatic N) is 2. The van der Waals surface area contributed by atoms with Gasteiger partial charge in [-0.25, -0.2) is 9.97 Å². The largest absolute Gasteiger partial charge is 0.508 e. The molecular weight excluding hydrogens is 300 g/mol. The van der Waals surface area contributed by atoms with Crippen LogP contribution in [0.2, 0.25) is 0 Å². The molecule has 0 amide bonds. The Morgan fingerprint density at radius 1 is 1.04 bits per heavy atom. The van der Waals surface area contributed by atoms with E-state index in [0.29, 0.717) is 5.82 Å². The van der Waals surface area contributed by atoms with Gasteiger partial charge in [0.1, 0.15) is 17.1 Å². The summed E-state index contributed by atoms with van der Waals surface area (Å²) in [7, 11) is 0. The second kappa shape index (κ2) is 5.70. The van der Waals surface area contributed by atoms with Gasteiger partial charge in [0.25, 0.3) is 0 Å². The molecule has 118 valence electrons. The zero-order valence-corrected chi connectivity index (χ0v) is 13.1. The Hall–Kier alpha value is -3.34. The van der Waals surface area contributed by atoms with E-state index >= 15 is 0 Å². The van der Waals surface area contributed by atoms with Crippen molar-refractivity contribution in [3.05, 3.63) is 66.4 Å². The maximum absolute atomic E-state index is 9.60. The molecule has 0 aliphatic carbocycles. The van der Waals surface area contributed by atoms with E-state index < -0.39 is 0 Å². The van der Waals surface area contributed by atoms with Crippen LogP contribution in [0, 0.1) is 6.92 Å². The number of phenols is 1. The minimum absolute atomic E-state index is 0.203. The van der Waals surface area contributed by atoms with Crippen molar-refractivity contribution in [3.8, 4) is 17.1 Å². The van der Waals surface area contributed by atoms with E-state index in [-0.39, 0.29) is 5.75 Å². The number of hydrogen-bond acceptors (Lipinski definition) is 4. The van der Waals surface area contributed by atoms with Crippen LogP contribution in [0.5, 0.6) is 5.75 Å². The van der Waals surface area contributed by atoms with Gasteiger partial charge in [-0.2, -0.15) is 0 Å². The van der Waals surface area contributed by atoms with Crippen molar-refractivity contribution in [1.29, 1.82) is 0 Å². The summed E-state index contributed by atoms with van der Waals surface area (Å²) < 4.78 is 0. The normalized spacial score (nSPS) is 10.9. The number of hydrogen-bond donors (Lipinski definition) is 3. The molecule has 0 saturated heterocycles. The van der Waals surface area contributed by atoms with Crippen molar-refractivity contribution < 1.29 is 5.11 Å². The fourth-order valence-corrected chi connectivity index (χ4v) is 2.68. The number of aromatic amines is 1. The van der Waals surface area contributed by atoms with Crippen molar-refractivity contribution in [2.24, 2.45) is 0 Å². The number of anilines is 2.